The molecule has 0 N–H and O–H groups in total. The van der Waals surface area contributed by atoms with Crippen LogP contribution in [0.4, 0.5) is 13.2 Å². The summed E-state index contributed by atoms with van der Waals surface area (Å²) in [5, 5.41) is 0. The van der Waals surface area contributed by atoms with E-state index in [2.05, 4.69) is 0 Å². The smallest absolute Gasteiger partial charge is 0.391 e. The first-order valence-electron chi connectivity index (χ1n) is 5.70. The molecule has 0 bridgehead atoms. The summed E-state index contributed by atoms with van der Waals surface area (Å²) in [6, 6.07) is 6.31. The number of carbonyl (C=O) groups is 1. The lowest BCUT2D eigenvalue weighted by Gasteiger charge is -2.13. The van der Waals surface area contributed by atoms with Crippen molar-refractivity contribution < 1.29 is 27.4 Å². The second-order valence-corrected chi connectivity index (χ2v) is 3.97. The van der Waals surface area contributed by atoms with E-state index in [0.29, 0.717) is 11.3 Å². The maximum atomic E-state index is 11.9. The maximum absolute atomic E-state index is 11.9. The van der Waals surface area contributed by atoms with Crippen LogP contribution in [-0.2, 0) is 4.74 Å². The van der Waals surface area contributed by atoms with E-state index in [0.717, 1.165) is 0 Å². The topological polar surface area (TPSA) is 35.5 Å². The minimum atomic E-state index is -4.27. The largest absolute Gasteiger partial charge is 0.497 e. The molecule has 0 aliphatic carbocycles. The molecule has 0 aliphatic rings. The number of halogens is 3. The Morgan fingerprint density at radius 2 is 1.84 bits per heavy atom. The van der Waals surface area contributed by atoms with E-state index < -0.39 is 25.3 Å². The number of Topliss-reactive ketones (excluding diaryl/α,β-unsaturated/α-hetero) is 1. The second-order valence-electron chi connectivity index (χ2n) is 3.97. The van der Waals surface area contributed by atoms with Crippen molar-refractivity contribution in [2.45, 2.75) is 25.6 Å². The third kappa shape index (κ3) is 5.30. The molecule has 0 spiro atoms. The average Bonchev–Trinajstić information content (AvgIpc) is 2.36. The first kappa shape index (κ1) is 15.5. The highest BCUT2D eigenvalue weighted by Crippen LogP contribution is 2.20. The summed E-state index contributed by atoms with van der Waals surface area (Å²) in [5.74, 6) is 0.243. The van der Waals surface area contributed by atoms with Crippen LogP contribution in [0.3, 0.4) is 0 Å². The van der Waals surface area contributed by atoms with Crippen molar-refractivity contribution in [3.8, 4) is 5.75 Å². The van der Waals surface area contributed by atoms with Crippen LogP contribution >= 0.6 is 0 Å². The number of carbonyl (C=O) groups excluding carboxylic acids is 1. The van der Waals surface area contributed by atoms with Gasteiger partial charge in [-0.2, -0.15) is 13.2 Å². The lowest BCUT2D eigenvalue weighted by atomic mass is 10.1. The van der Waals surface area contributed by atoms with Gasteiger partial charge < -0.3 is 9.47 Å². The molecule has 0 aromatic heterocycles. The van der Waals surface area contributed by atoms with Crippen LogP contribution in [-0.4, -0.2) is 31.8 Å². The van der Waals surface area contributed by atoms with Gasteiger partial charge in [-0.3, -0.25) is 4.79 Å². The summed E-state index contributed by atoms with van der Waals surface area (Å²) in [6.45, 7) is 0.912. The second kappa shape index (κ2) is 6.56. The molecule has 1 atom stereocenters. The van der Waals surface area contributed by atoms with Gasteiger partial charge >= 0.3 is 6.18 Å². The molecule has 6 heteroatoms. The molecule has 19 heavy (non-hydrogen) atoms. The van der Waals surface area contributed by atoms with Crippen molar-refractivity contribution in [2.24, 2.45) is 0 Å². The fourth-order valence-corrected chi connectivity index (χ4v) is 1.42. The van der Waals surface area contributed by atoms with Gasteiger partial charge in [0.2, 0.25) is 0 Å². The number of ether oxygens (including phenoxy) is 2. The molecule has 0 heterocycles. The van der Waals surface area contributed by atoms with E-state index in [1.54, 1.807) is 24.3 Å². The van der Waals surface area contributed by atoms with Crippen LogP contribution in [0, 0.1) is 0 Å². The first-order valence-corrected chi connectivity index (χ1v) is 5.70. The van der Waals surface area contributed by atoms with Gasteiger partial charge in [-0.25, -0.2) is 0 Å². The van der Waals surface area contributed by atoms with Gasteiger partial charge in [0, 0.05) is 5.56 Å². The van der Waals surface area contributed by atoms with Crippen molar-refractivity contribution in [1.29, 1.82) is 0 Å². The Hall–Kier alpha value is -1.56. The molecule has 1 aromatic carbocycles. The molecule has 1 unspecified atom stereocenters. The van der Waals surface area contributed by atoms with Crippen molar-refractivity contribution >= 4 is 5.78 Å². The number of benzene rings is 1. The van der Waals surface area contributed by atoms with E-state index in [-0.39, 0.29) is 5.78 Å². The van der Waals surface area contributed by atoms with Gasteiger partial charge in [0.15, 0.2) is 5.78 Å². The van der Waals surface area contributed by atoms with Gasteiger partial charge in [-0.05, 0) is 31.2 Å². The summed E-state index contributed by atoms with van der Waals surface area (Å²) in [4.78, 5) is 11.9. The minimum Gasteiger partial charge on any atom is -0.497 e. The molecule has 0 aliphatic heterocycles. The fraction of sp³-hybridized carbons (Fsp3) is 0.462. The Morgan fingerprint density at radius 1 is 1.26 bits per heavy atom. The lowest BCUT2D eigenvalue weighted by Crippen LogP contribution is -2.23. The quantitative estimate of drug-likeness (QED) is 0.748. The maximum Gasteiger partial charge on any atom is 0.391 e. The predicted octanol–water partition coefficient (Wildman–Crippen LogP) is 3.24. The summed E-state index contributed by atoms with van der Waals surface area (Å²) < 4.78 is 45.6. The minimum absolute atomic E-state index is 0.357. The molecule has 3 nitrogen and oxygen atoms in total. The molecule has 106 valence electrons. The molecule has 1 aromatic rings. The van der Waals surface area contributed by atoms with Crippen LogP contribution in [0.1, 0.15) is 23.7 Å². The normalized spacial score (nSPS) is 13.1. The molecule has 0 amide bonds. The lowest BCUT2D eigenvalue weighted by molar-refractivity contribution is -0.146. The van der Waals surface area contributed by atoms with Crippen LogP contribution in [0.15, 0.2) is 24.3 Å². The zero-order chi connectivity index (χ0) is 14.5. The third-order valence-electron chi connectivity index (χ3n) is 2.50. The summed E-state index contributed by atoms with van der Waals surface area (Å²) >= 11 is 0. The predicted molar refractivity (Wildman–Crippen MR) is 63.4 cm³/mol. The number of ketones is 1. The van der Waals surface area contributed by atoms with Gasteiger partial charge in [0.25, 0.3) is 0 Å². The van der Waals surface area contributed by atoms with Crippen LogP contribution < -0.4 is 4.74 Å². The van der Waals surface area contributed by atoms with E-state index >= 15 is 0 Å². The Morgan fingerprint density at radius 3 is 2.32 bits per heavy atom. The van der Waals surface area contributed by atoms with Crippen molar-refractivity contribution in [1.82, 2.24) is 0 Å². The number of rotatable bonds is 6. The number of alkyl halides is 3. The van der Waals surface area contributed by atoms with Gasteiger partial charge in [0.05, 0.1) is 20.1 Å². The Labute approximate surface area is 109 Å². The highest BCUT2D eigenvalue weighted by molar-refractivity contribution is 5.99. The Kier molecular flexibility index (Phi) is 5.35. The highest BCUT2D eigenvalue weighted by atomic mass is 19.4. The molecule has 0 saturated carbocycles. The SMILES string of the molecule is COc1ccc(C(=O)C(C)OCCC(F)(F)F)cc1. The number of methoxy groups -OCH3 is 1. The van der Waals surface area contributed by atoms with E-state index in [4.69, 9.17) is 9.47 Å². The summed E-state index contributed by atoms with van der Waals surface area (Å²) in [6.07, 6.45) is -6.24. The van der Waals surface area contributed by atoms with Gasteiger partial charge in [0.1, 0.15) is 11.9 Å². The van der Waals surface area contributed by atoms with Crippen LogP contribution in [0.5, 0.6) is 5.75 Å². The average molecular weight is 276 g/mol. The molecular formula is C13H15F3O3. The molecule has 0 radical (unpaired) electrons. The number of hydrogen-bond donors (Lipinski definition) is 0. The van der Waals surface area contributed by atoms with Gasteiger partial charge in [-0.1, -0.05) is 0 Å². The van der Waals surface area contributed by atoms with E-state index in [1.165, 1.54) is 14.0 Å². The first-order chi connectivity index (χ1) is 8.83. The fourth-order valence-electron chi connectivity index (χ4n) is 1.42. The van der Waals surface area contributed by atoms with E-state index in [9.17, 15) is 18.0 Å². The molecular weight excluding hydrogens is 261 g/mol. The highest BCUT2D eigenvalue weighted by Gasteiger charge is 2.27. The van der Waals surface area contributed by atoms with Crippen LogP contribution in [0.2, 0.25) is 0 Å². The Bertz CT molecular complexity index is 412. The summed E-state index contributed by atoms with van der Waals surface area (Å²) in [5.41, 5.74) is 0.375. The zero-order valence-corrected chi connectivity index (χ0v) is 10.7. The van der Waals surface area contributed by atoms with Crippen molar-refractivity contribution in [3.05, 3.63) is 29.8 Å². The van der Waals surface area contributed by atoms with E-state index in [1.807, 2.05) is 0 Å². The molecule has 1 rings (SSSR count). The van der Waals surface area contributed by atoms with Gasteiger partial charge in [-0.15, -0.1) is 0 Å². The summed E-state index contributed by atoms with van der Waals surface area (Å²) in [7, 11) is 1.50. The van der Waals surface area contributed by atoms with Crippen molar-refractivity contribution in [3.63, 3.8) is 0 Å². The molecule has 0 fully saturated rings. The standard InChI is InChI=1S/C13H15F3O3/c1-9(19-8-7-13(14,15)16)12(17)10-3-5-11(18-2)6-4-10/h3-6,9H,7-8H2,1-2H3. The number of hydrogen-bond acceptors (Lipinski definition) is 3. The third-order valence-corrected chi connectivity index (χ3v) is 2.50. The van der Waals surface area contributed by atoms with Crippen LogP contribution in [0.25, 0.3) is 0 Å². The molecule has 0 saturated heterocycles. The zero-order valence-electron chi connectivity index (χ0n) is 10.7. The Balaban J connectivity index is 2.51. The van der Waals surface area contributed by atoms with Crippen molar-refractivity contribution in [2.75, 3.05) is 13.7 Å². The monoisotopic (exact) mass is 276 g/mol.